The van der Waals surface area contributed by atoms with Crippen molar-refractivity contribution < 1.29 is 18.3 Å². The van der Waals surface area contributed by atoms with Gasteiger partial charge in [-0.15, -0.1) is 0 Å². The summed E-state index contributed by atoms with van der Waals surface area (Å²) in [7, 11) is 0. The van der Waals surface area contributed by atoms with Gasteiger partial charge < -0.3 is 4.74 Å². The van der Waals surface area contributed by atoms with Crippen LogP contribution in [-0.4, -0.2) is 5.91 Å². The van der Waals surface area contributed by atoms with Crippen LogP contribution in [0.2, 0.25) is 0 Å². The number of hydrogen-bond donors (Lipinski definition) is 2. The predicted molar refractivity (Wildman–Crippen MR) is 73.2 cm³/mol. The summed E-state index contributed by atoms with van der Waals surface area (Å²) in [6.45, 7) is 0.173. The minimum Gasteiger partial charge on any atom is -0.489 e. The molecule has 110 valence electrons. The fourth-order valence-corrected chi connectivity index (χ4v) is 1.77. The number of carbonyl (C=O) groups is 1. The standard InChI is InChI=1S/C15H14F2N2O2/c16-12-6-13(17)8-14(7-12)21-9-11-3-1-10(2-4-11)5-15(20)19-18/h1-4,6-8H,5,9,18H2,(H,19,20). The van der Waals surface area contributed by atoms with Gasteiger partial charge in [-0.25, -0.2) is 14.6 Å². The molecule has 1 amide bonds. The third kappa shape index (κ3) is 4.54. The van der Waals surface area contributed by atoms with Gasteiger partial charge in [0.05, 0.1) is 6.42 Å². The van der Waals surface area contributed by atoms with Crippen LogP contribution in [0.3, 0.4) is 0 Å². The first-order valence-corrected chi connectivity index (χ1v) is 6.23. The fourth-order valence-electron chi connectivity index (χ4n) is 1.77. The number of hydrogen-bond acceptors (Lipinski definition) is 3. The van der Waals surface area contributed by atoms with Crippen LogP contribution in [0.1, 0.15) is 11.1 Å². The molecule has 21 heavy (non-hydrogen) atoms. The Labute approximate surface area is 120 Å². The normalized spacial score (nSPS) is 10.2. The van der Waals surface area contributed by atoms with Crippen LogP contribution in [0.4, 0.5) is 8.78 Å². The van der Waals surface area contributed by atoms with E-state index in [2.05, 4.69) is 5.43 Å². The Balaban J connectivity index is 1.95. The van der Waals surface area contributed by atoms with E-state index in [1.165, 1.54) is 0 Å². The lowest BCUT2D eigenvalue weighted by Crippen LogP contribution is -2.31. The van der Waals surface area contributed by atoms with Gasteiger partial charge in [-0.1, -0.05) is 24.3 Å². The first-order valence-electron chi connectivity index (χ1n) is 6.23. The Bertz CT molecular complexity index is 610. The predicted octanol–water partition coefficient (Wildman–Crippen LogP) is 2.08. The highest BCUT2D eigenvalue weighted by Crippen LogP contribution is 2.17. The molecule has 2 rings (SSSR count). The summed E-state index contributed by atoms with van der Waals surface area (Å²) in [4.78, 5) is 11.1. The first kappa shape index (κ1) is 14.9. The molecule has 0 bridgehead atoms. The zero-order chi connectivity index (χ0) is 15.2. The smallest absolute Gasteiger partial charge is 0.238 e. The van der Waals surface area contributed by atoms with Gasteiger partial charge in [0, 0.05) is 18.2 Å². The van der Waals surface area contributed by atoms with Crippen molar-refractivity contribution >= 4 is 5.91 Å². The molecule has 0 spiro atoms. The highest BCUT2D eigenvalue weighted by molar-refractivity contribution is 5.77. The number of benzene rings is 2. The zero-order valence-electron chi connectivity index (χ0n) is 11.1. The van der Waals surface area contributed by atoms with Gasteiger partial charge in [-0.2, -0.15) is 0 Å². The van der Waals surface area contributed by atoms with Crippen LogP contribution >= 0.6 is 0 Å². The summed E-state index contributed by atoms with van der Waals surface area (Å²) >= 11 is 0. The van der Waals surface area contributed by atoms with Crippen LogP contribution in [0.15, 0.2) is 42.5 Å². The quantitative estimate of drug-likeness (QED) is 0.504. The maximum atomic E-state index is 13.0. The lowest BCUT2D eigenvalue weighted by atomic mass is 10.1. The van der Waals surface area contributed by atoms with Crippen molar-refractivity contribution in [2.45, 2.75) is 13.0 Å². The molecular formula is C15H14F2N2O2. The van der Waals surface area contributed by atoms with E-state index in [-0.39, 0.29) is 24.7 Å². The van der Waals surface area contributed by atoms with E-state index < -0.39 is 11.6 Å². The number of amides is 1. The summed E-state index contributed by atoms with van der Waals surface area (Å²) in [5.41, 5.74) is 3.67. The van der Waals surface area contributed by atoms with Crippen LogP contribution in [0, 0.1) is 11.6 Å². The summed E-state index contributed by atoms with van der Waals surface area (Å²) in [5, 5.41) is 0. The van der Waals surface area contributed by atoms with E-state index in [9.17, 15) is 13.6 Å². The number of nitrogens with two attached hydrogens (primary N) is 1. The van der Waals surface area contributed by atoms with Gasteiger partial charge in [0.2, 0.25) is 5.91 Å². The molecule has 0 saturated carbocycles. The molecular weight excluding hydrogens is 278 g/mol. The van der Waals surface area contributed by atoms with Gasteiger partial charge >= 0.3 is 0 Å². The monoisotopic (exact) mass is 292 g/mol. The van der Waals surface area contributed by atoms with Crippen LogP contribution in [0.5, 0.6) is 5.75 Å². The lowest BCUT2D eigenvalue weighted by Gasteiger charge is -2.07. The van der Waals surface area contributed by atoms with Gasteiger partial charge in [0.15, 0.2) is 0 Å². The van der Waals surface area contributed by atoms with Crippen molar-refractivity contribution in [3.63, 3.8) is 0 Å². The third-order valence-corrected chi connectivity index (χ3v) is 2.79. The van der Waals surface area contributed by atoms with Crippen molar-refractivity contribution in [2.75, 3.05) is 0 Å². The van der Waals surface area contributed by atoms with Crippen LogP contribution in [-0.2, 0) is 17.8 Å². The van der Waals surface area contributed by atoms with Crippen molar-refractivity contribution in [2.24, 2.45) is 5.84 Å². The average molecular weight is 292 g/mol. The van der Waals surface area contributed by atoms with E-state index in [1.807, 2.05) is 0 Å². The van der Waals surface area contributed by atoms with Crippen LogP contribution in [0.25, 0.3) is 0 Å². The SMILES string of the molecule is NNC(=O)Cc1ccc(COc2cc(F)cc(F)c2)cc1. The molecule has 0 atom stereocenters. The molecule has 0 aromatic heterocycles. The second-order valence-corrected chi connectivity index (χ2v) is 4.45. The molecule has 0 fully saturated rings. The van der Waals surface area contributed by atoms with E-state index in [1.54, 1.807) is 24.3 Å². The highest BCUT2D eigenvalue weighted by atomic mass is 19.1. The largest absolute Gasteiger partial charge is 0.489 e. The van der Waals surface area contributed by atoms with E-state index in [0.29, 0.717) is 0 Å². The molecule has 0 heterocycles. The van der Waals surface area contributed by atoms with Gasteiger partial charge in [0.25, 0.3) is 0 Å². The summed E-state index contributed by atoms with van der Waals surface area (Å²) in [6.07, 6.45) is 0.187. The fraction of sp³-hybridized carbons (Fsp3) is 0.133. The molecule has 2 aromatic carbocycles. The molecule has 0 aliphatic carbocycles. The zero-order valence-corrected chi connectivity index (χ0v) is 11.1. The number of nitrogens with one attached hydrogen (secondary N) is 1. The summed E-state index contributed by atoms with van der Waals surface area (Å²) in [6, 6.07) is 10.1. The lowest BCUT2D eigenvalue weighted by molar-refractivity contribution is -0.120. The molecule has 0 unspecified atom stereocenters. The Hall–Kier alpha value is -2.47. The molecule has 6 heteroatoms. The summed E-state index contributed by atoms with van der Waals surface area (Å²) in [5.74, 6) is 3.47. The minimum absolute atomic E-state index is 0.124. The molecule has 0 aliphatic heterocycles. The van der Waals surface area contributed by atoms with Crippen molar-refractivity contribution in [1.29, 1.82) is 0 Å². The number of halogens is 2. The Morgan fingerprint density at radius 1 is 1.05 bits per heavy atom. The molecule has 4 nitrogen and oxygen atoms in total. The Morgan fingerprint density at radius 3 is 2.19 bits per heavy atom. The maximum Gasteiger partial charge on any atom is 0.238 e. The minimum atomic E-state index is -0.687. The van der Waals surface area contributed by atoms with Crippen molar-refractivity contribution in [1.82, 2.24) is 5.43 Å². The molecule has 0 radical (unpaired) electrons. The molecule has 0 aliphatic rings. The van der Waals surface area contributed by atoms with Gasteiger partial charge in [-0.3, -0.25) is 10.2 Å². The Kier molecular flexibility index (Phi) is 4.84. The summed E-state index contributed by atoms with van der Waals surface area (Å²) < 4.78 is 31.3. The second-order valence-electron chi connectivity index (χ2n) is 4.45. The average Bonchev–Trinajstić information content (AvgIpc) is 2.45. The van der Waals surface area contributed by atoms with E-state index in [0.717, 1.165) is 29.3 Å². The van der Waals surface area contributed by atoms with Crippen LogP contribution < -0.4 is 16.0 Å². The van der Waals surface area contributed by atoms with Crippen molar-refractivity contribution in [3.8, 4) is 5.75 Å². The first-order chi connectivity index (χ1) is 10.1. The number of carbonyl (C=O) groups excluding carboxylic acids is 1. The third-order valence-electron chi connectivity index (χ3n) is 2.79. The molecule has 3 N–H and O–H groups in total. The maximum absolute atomic E-state index is 13.0. The highest BCUT2D eigenvalue weighted by Gasteiger charge is 2.04. The van der Waals surface area contributed by atoms with Crippen molar-refractivity contribution in [3.05, 3.63) is 65.2 Å². The van der Waals surface area contributed by atoms with E-state index in [4.69, 9.17) is 10.6 Å². The number of ether oxygens (including phenoxy) is 1. The van der Waals surface area contributed by atoms with Gasteiger partial charge in [-0.05, 0) is 11.1 Å². The topological polar surface area (TPSA) is 64.3 Å². The van der Waals surface area contributed by atoms with Gasteiger partial charge in [0.1, 0.15) is 24.0 Å². The Morgan fingerprint density at radius 2 is 1.62 bits per heavy atom. The number of rotatable bonds is 5. The molecule has 0 saturated heterocycles. The molecule has 2 aromatic rings. The number of hydrazine groups is 1. The second kappa shape index (κ2) is 6.81. The van der Waals surface area contributed by atoms with E-state index >= 15 is 0 Å².